The molecule has 16 heavy (non-hydrogen) atoms. The van der Waals surface area contributed by atoms with Gasteiger partial charge in [-0.3, -0.25) is 0 Å². The molecule has 1 N–H and O–H groups in total. The highest BCUT2D eigenvalue weighted by Gasteiger charge is 2.07. The van der Waals surface area contributed by atoms with E-state index in [2.05, 4.69) is 10.3 Å². The van der Waals surface area contributed by atoms with E-state index in [4.69, 9.17) is 5.11 Å². The van der Waals surface area contributed by atoms with Crippen molar-refractivity contribution in [1.29, 1.82) is 0 Å². The first-order valence-electron chi connectivity index (χ1n) is 5.40. The van der Waals surface area contributed by atoms with Crippen molar-refractivity contribution in [2.75, 3.05) is 0 Å². The van der Waals surface area contributed by atoms with E-state index in [1.807, 2.05) is 51.1 Å². The molecule has 0 radical (unpaired) electrons. The molecule has 0 aliphatic rings. The van der Waals surface area contributed by atoms with Crippen LogP contribution >= 0.6 is 0 Å². The highest BCUT2D eigenvalue weighted by molar-refractivity contribution is 5.32. The number of benzene rings is 1. The first-order valence-corrected chi connectivity index (χ1v) is 5.40. The summed E-state index contributed by atoms with van der Waals surface area (Å²) >= 11 is 0. The predicted molar refractivity (Wildman–Crippen MR) is 63.4 cm³/mol. The molecule has 2 aromatic rings. The molecular weight excluding hydrogens is 202 g/mol. The van der Waals surface area contributed by atoms with Crippen molar-refractivity contribution >= 4 is 0 Å². The van der Waals surface area contributed by atoms with Crippen molar-refractivity contribution in [3.8, 4) is 5.69 Å². The summed E-state index contributed by atoms with van der Waals surface area (Å²) in [5.41, 5.74) is 2.45. The lowest BCUT2D eigenvalue weighted by molar-refractivity contribution is 0.276. The van der Waals surface area contributed by atoms with E-state index in [1.165, 1.54) is 0 Å². The maximum Gasteiger partial charge on any atom is 0.111 e. The summed E-state index contributed by atoms with van der Waals surface area (Å²) in [4.78, 5) is 0. The lowest BCUT2D eigenvalue weighted by Crippen LogP contribution is -1.98. The number of aliphatic hydroxyl groups is 1. The average molecular weight is 219 g/mol. The van der Waals surface area contributed by atoms with Crippen LogP contribution in [0.5, 0.6) is 0 Å². The molecule has 2 rings (SSSR count). The van der Waals surface area contributed by atoms with Crippen molar-refractivity contribution in [2.45, 2.75) is 27.4 Å². The number of nitrogens with zero attached hydrogens (tertiary/aromatic N) is 3. The molecule has 0 bridgehead atoms. The molecule has 0 saturated carbocycles. The lowest BCUT2D eigenvalue weighted by Gasteiger charge is -2.01. The van der Waals surface area contributed by atoms with Crippen molar-refractivity contribution in [2.24, 2.45) is 0 Å². The number of aromatic nitrogens is 3. The van der Waals surface area contributed by atoms with Gasteiger partial charge in [0.25, 0.3) is 0 Å². The topological polar surface area (TPSA) is 50.9 Å². The summed E-state index contributed by atoms with van der Waals surface area (Å²) in [6.07, 6.45) is 0. The minimum absolute atomic E-state index is 0.0708. The van der Waals surface area contributed by atoms with E-state index in [9.17, 15) is 0 Å². The SMILES string of the molecule is CC.Cc1c(CO)nnn1-c1ccccc1. The predicted octanol–water partition coefficient (Wildman–Crippen LogP) is 2.09. The third-order valence-corrected chi connectivity index (χ3v) is 2.14. The number of hydrogen-bond donors (Lipinski definition) is 1. The smallest absolute Gasteiger partial charge is 0.111 e. The Bertz CT molecular complexity index is 423. The molecule has 1 heterocycles. The molecule has 4 heteroatoms. The second-order valence-electron chi connectivity index (χ2n) is 3.03. The van der Waals surface area contributed by atoms with Crippen LogP contribution in [0.2, 0.25) is 0 Å². The summed E-state index contributed by atoms with van der Waals surface area (Å²) < 4.78 is 1.71. The van der Waals surface area contributed by atoms with E-state index in [0.29, 0.717) is 5.69 Å². The number of hydrogen-bond acceptors (Lipinski definition) is 3. The monoisotopic (exact) mass is 219 g/mol. The summed E-state index contributed by atoms with van der Waals surface area (Å²) in [6.45, 7) is 5.82. The van der Waals surface area contributed by atoms with Gasteiger partial charge in [0.05, 0.1) is 18.0 Å². The quantitative estimate of drug-likeness (QED) is 0.841. The average Bonchev–Trinajstić information content (AvgIpc) is 2.74. The zero-order chi connectivity index (χ0) is 12.0. The van der Waals surface area contributed by atoms with Crippen LogP contribution in [0.1, 0.15) is 25.2 Å². The van der Waals surface area contributed by atoms with E-state index in [-0.39, 0.29) is 6.61 Å². The largest absolute Gasteiger partial charge is 0.390 e. The Balaban J connectivity index is 0.000000606. The Labute approximate surface area is 95.5 Å². The zero-order valence-corrected chi connectivity index (χ0v) is 9.88. The van der Waals surface area contributed by atoms with E-state index in [1.54, 1.807) is 4.68 Å². The molecule has 0 aliphatic carbocycles. The second kappa shape index (κ2) is 6.02. The molecule has 0 unspecified atom stereocenters. The standard InChI is InChI=1S/C10H11N3O.C2H6/c1-8-10(7-14)11-12-13(8)9-5-3-2-4-6-9;1-2/h2-6,14H,7H2,1H3;1-2H3. The Kier molecular flexibility index (Phi) is 4.66. The fourth-order valence-electron chi connectivity index (χ4n) is 1.32. The molecular formula is C12H17N3O. The molecule has 1 aromatic carbocycles. The van der Waals surface area contributed by atoms with Crippen LogP contribution in [0, 0.1) is 6.92 Å². The van der Waals surface area contributed by atoms with Gasteiger partial charge >= 0.3 is 0 Å². The summed E-state index contributed by atoms with van der Waals surface area (Å²) in [7, 11) is 0. The minimum atomic E-state index is -0.0708. The molecule has 1 aromatic heterocycles. The Morgan fingerprint density at radius 1 is 1.19 bits per heavy atom. The van der Waals surface area contributed by atoms with Gasteiger partial charge in [0.2, 0.25) is 0 Å². The fourth-order valence-corrected chi connectivity index (χ4v) is 1.32. The van der Waals surface area contributed by atoms with Gasteiger partial charge in [0.15, 0.2) is 0 Å². The summed E-state index contributed by atoms with van der Waals surface area (Å²) in [5.74, 6) is 0. The molecule has 0 saturated heterocycles. The van der Waals surface area contributed by atoms with Crippen molar-refractivity contribution in [1.82, 2.24) is 15.0 Å². The van der Waals surface area contributed by atoms with Gasteiger partial charge in [-0.1, -0.05) is 37.3 Å². The first kappa shape index (κ1) is 12.4. The molecule has 0 atom stereocenters. The van der Waals surface area contributed by atoms with E-state index in [0.717, 1.165) is 11.4 Å². The minimum Gasteiger partial charge on any atom is -0.390 e. The summed E-state index contributed by atoms with van der Waals surface area (Å²) in [6, 6.07) is 9.72. The van der Waals surface area contributed by atoms with Gasteiger partial charge in [0.1, 0.15) is 5.69 Å². The third kappa shape index (κ3) is 2.46. The maximum absolute atomic E-state index is 8.96. The second-order valence-corrected chi connectivity index (χ2v) is 3.03. The van der Waals surface area contributed by atoms with Crippen molar-refractivity contribution in [3.63, 3.8) is 0 Å². The molecule has 0 fully saturated rings. The summed E-state index contributed by atoms with van der Waals surface area (Å²) in [5, 5.41) is 16.8. The molecule has 4 nitrogen and oxygen atoms in total. The van der Waals surface area contributed by atoms with Gasteiger partial charge in [-0.15, -0.1) is 5.10 Å². The molecule has 0 amide bonds. The van der Waals surface area contributed by atoms with Crippen LogP contribution in [0.15, 0.2) is 30.3 Å². The van der Waals surface area contributed by atoms with E-state index < -0.39 is 0 Å². The van der Waals surface area contributed by atoms with Crippen LogP contribution in [0.4, 0.5) is 0 Å². The highest BCUT2D eigenvalue weighted by atomic mass is 16.3. The Hall–Kier alpha value is -1.68. The van der Waals surface area contributed by atoms with Crippen LogP contribution in [-0.4, -0.2) is 20.1 Å². The van der Waals surface area contributed by atoms with Crippen LogP contribution < -0.4 is 0 Å². The Morgan fingerprint density at radius 2 is 1.81 bits per heavy atom. The Morgan fingerprint density at radius 3 is 2.31 bits per heavy atom. The van der Waals surface area contributed by atoms with Crippen LogP contribution in [-0.2, 0) is 6.61 Å². The zero-order valence-electron chi connectivity index (χ0n) is 9.88. The third-order valence-electron chi connectivity index (χ3n) is 2.14. The number of para-hydroxylation sites is 1. The molecule has 0 spiro atoms. The van der Waals surface area contributed by atoms with Crippen LogP contribution in [0.3, 0.4) is 0 Å². The number of aliphatic hydroxyl groups excluding tert-OH is 1. The normalized spacial score (nSPS) is 9.50. The van der Waals surface area contributed by atoms with E-state index >= 15 is 0 Å². The van der Waals surface area contributed by atoms with Gasteiger partial charge in [0, 0.05) is 0 Å². The van der Waals surface area contributed by atoms with Crippen LogP contribution in [0.25, 0.3) is 5.69 Å². The number of rotatable bonds is 2. The van der Waals surface area contributed by atoms with Gasteiger partial charge in [-0.25, -0.2) is 4.68 Å². The van der Waals surface area contributed by atoms with Crippen molar-refractivity contribution in [3.05, 3.63) is 41.7 Å². The highest BCUT2D eigenvalue weighted by Crippen LogP contribution is 2.10. The van der Waals surface area contributed by atoms with Gasteiger partial charge in [-0.05, 0) is 19.1 Å². The fraction of sp³-hybridized carbons (Fsp3) is 0.333. The maximum atomic E-state index is 8.96. The van der Waals surface area contributed by atoms with Crippen molar-refractivity contribution < 1.29 is 5.11 Å². The lowest BCUT2D eigenvalue weighted by atomic mass is 10.3. The molecule has 86 valence electrons. The molecule has 0 aliphatic heterocycles. The first-order chi connectivity index (χ1) is 7.83. The van der Waals surface area contributed by atoms with Gasteiger partial charge in [-0.2, -0.15) is 0 Å². The van der Waals surface area contributed by atoms with Gasteiger partial charge < -0.3 is 5.11 Å².